The summed E-state index contributed by atoms with van der Waals surface area (Å²) in [5.74, 6) is 0.595. The lowest BCUT2D eigenvalue weighted by Gasteiger charge is -2.40. The first kappa shape index (κ1) is 18.5. The predicted molar refractivity (Wildman–Crippen MR) is 92.1 cm³/mol. The molecule has 0 saturated carbocycles. The van der Waals surface area contributed by atoms with E-state index in [1.165, 1.54) is 0 Å². The first-order valence-corrected chi connectivity index (χ1v) is 10.6. The lowest BCUT2D eigenvalue weighted by molar-refractivity contribution is -0.0457. The largest absolute Gasteiger partial charge is 0.379 e. The summed E-state index contributed by atoms with van der Waals surface area (Å²) in [6.07, 6.45) is 1.82. The molecule has 0 amide bonds. The molecule has 140 valence electrons. The normalized spacial score (nSPS) is 32.9. The van der Waals surface area contributed by atoms with Gasteiger partial charge >= 0.3 is 0 Å². The highest BCUT2D eigenvalue weighted by Gasteiger charge is 2.37. The summed E-state index contributed by atoms with van der Waals surface area (Å²) in [6.45, 7) is 10.8. The average Bonchev–Trinajstić information content (AvgIpc) is 2.55. The Morgan fingerprint density at radius 3 is 2.08 bits per heavy atom. The van der Waals surface area contributed by atoms with Gasteiger partial charge in [-0.15, -0.1) is 0 Å². The molecule has 24 heavy (non-hydrogen) atoms. The third-order valence-electron chi connectivity index (χ3n) is 5.23. The van der Waals surface area contributed by atoms with Gasteiger partial charge in [0.15, 0.2) is 0 Å². The number of piperidine rings is 1. The predicted octanol–water partition coefficient (Wildman–Crippen LogP) is 0.385. The fourth-order valence-electron chi connectivity index (χ4n) is 3.95. The molecular formula is C16H31N3O4S. The average molecular weight is 362 g/mol. The zero-order valence-electron chi connectivity index (χ0n) is 14.9. The molecule has 2 atom stereocenters. The molecule has 0 aromatic heterocycles. The van der Waals surface area contributed by atoms with Crippen LogP contribution in [-0.4, -0.2) is 93.2 Å². The van der Waals surface area contributed by atoms with Crippen LogP contribution in [0.25, 0.3) is 0 Å². The highest BCUT2D eigenvalue weighted by molar-refractivity contribution is 7.86. The number of morpholine rings is 2. The van der Waals surface area contributed by atoms with E-state index in [1.54, 1.807) is 8.61 Å². The molecule has 3 aliphatic rings. The molecule has 0 bridgehead atoms. The molecule has 0 aromatic rings. The van der Waals surface area contributed by atoms with E-state index < -0.39 is 10.2 Å². The molecule has 0 radical (unpaired) electrons. The number of ether oxygens (including phenoxy) is 2. The van der Waals surface area contributed by atoms with Gasteiger partial charge < -0.3 is 9.47 Å². The van der Waals surface area contributed by atoms with Crippen LogP contribution in [0.3, 0.4) is 0 Å². The Morgan fingerprint density at radius 1 is 0.917 bits per heavy atom. The van der Waals surface area contributed by atoms with Crippen LogP contribution < -0.4 is 0 Å². The van der Waals surface area contributed by atoms with Crippen molar-refractivity contribution in [2.45, 2.75) is 38.9 Å². The molecule has 0 N–H and O–H groups in total. The molecule has 3 heterocycles. The Morgan fingerprint density at radius 2 is 1.50 bits per heavy atom. The van der Waals surface area contributed by atoms with Gasteiger partial charge in [0, 0.05) is 45.8 Å². The quantitative estimate of drug-likeness (QED) is 0.725. The van der Waals surface area contributed by atoms with Gasteiger partial charge in [0.2, 0.25) is 0 Å². The first-order valence-electron chi connectivity index (χ1n) is 9.16. The fraction of sp³-hybridized carbons (Fsp3) is 1.00. The highest BCUT2D eigenvalue weighted by Crippen LogP contribution is 2.24. The Labute approximate surface area is 146 Å². The Hall–Kier alpha value is -0.250. The van der Waals surface area contributed by atoms with Crippen LogP contribution >= 0.6 is 0 Å². The van der Waals surface area contributed by atoms with Crippen LogP contribution in [-0.2, 0) is 19.7 Å². The summed E-state index contributed by atoms with van der Waals surface area (Å²) in [6, 6.07) is 0. The molecule has 3 aliphatic heterocycles. The van der Waals surface area contributed by atoms with Crippen molar-refractivity contribution in [3.05, 3.63) is 0 Å². The Kier molecular flexibility index (Phi) is 6.16. The SMILES string of the molecule is CC1CN(S(=O)(=O)N2CCC(CN3CCOCC3)CC2)CC(C)O1. The second kappa shape index (κ2) is 7.97. The van der Waals surface area contributed by atoms with Crippen LogP contribution in [0.1, 0.15) is 26.7 Å². The van der Waals surface area contributed by atoms with E-state index in [0.29, 0.717) is 32.1 Å². The monoisotopic (exact) mass is 361 g/mol. The van der Waals surface area contributed by atoms with Crippen LogP contribution in [0.2, 0.25) is 0 Å². The molecule has 0 spiro atoms. The van der Waals surface area contributed by atoms with E-state index in [2.05, 4.69) is 4.90 Å². The van der Waals surface area contributed by atoms with Gasteiger partial charge in [-0.05, 0) is 32.6 Å². The highest BCUT2D eigenvalue weighted by atomic mass is 32.2. The van der Waals surface area contributed by atoms with Gasteiger partial charge in [0.05, 0.1) is 25.4 Å². The van der Waals surface area contributed by atoms with Gasteiger partial charge in [-0.25, -0.2) is 0 Å². The molecule has 0 aromatic carbocycles. The topological polar surface area (TPSA) is 62.3 Å². The van der Waals surface area contributed by atoms with Crippen LogP contribution in [0.4, 0.5) is 0 Å². The van der Waals surface area contributed by atoms with Gasteiger partial charge in [-0.1, -0.05) is 0 Å². The number of hydrogen-bond donors (Lipinski definition) is 0. The maximum atomic E-state index is 12.9. The van der Waals surface area contributed by atoms with Crippen molar-refractivity contribution in [1.82, 2.24) is 13.5 Å². The minimum Gasteiger partial charge on any atom is -0.379 e. The van der Waals surface area contributed by atoms with Crippen molar-refractivity contribution in [3.8, 4) is 0 Å². The van der Waals surface area contributed by atoms with Crippen molar-refractivity contribution in [2.75, 3.05) is 59.0 Å². The summed E-state index contributed by atoms with van der Waals surface area (Å²) < 4.78 is 40.1. The summed E-state index contributed by atoms with van der Waals surface area (Å²) in [5, 5.41) is 0. The standard InChI is InChI=1S/C16H31N3O4S/c1-14-11-19(12-15(2)23-14)24(20,21)18-5-3-16(4-6-18)13-17-7-9-22-10-8-17/h14-16H,3-13H2,1-2H3. The smallest absolute Gasteiger partial charge is 0.282 e. The molecule has 3 rings (SSSR count). The maximum Gasteiger partial charge on any atom is 0.282 e. The van der Waals surface area contributed by atoms with Crippen LogP contribution in [0.5, 0.6) is 0 Å². The zero-order chi connectivity index (χ0) is 17.2. The zero-order valence-corrected chi connectivity index (χ0v) is 15.7. The van der Waals surface area contributed by atoms with Crippen molar-refractivity contribution < 1.29 is 17.9 Å². The molecule has 3 saturated heterocycles. The molecule has 3 fully saturated rings. The summed E-state index contributed by atoms with van der Waals surface area (Å²) in [4.78, 5) is 2.45. The van der Waals surface area contributed by atoms with Crippen molar-refractivity contribution in [2.24, 2.45) is 5.92 Å². The number of nitrogens with zero attached hydrogens (tertiary/aromatic N) is 3. The number of hydrogen-bond acceptors (Lipinski definition) is 5. The summed E-state index contributed by atoms with van der Waals surface area (Å²) in [7, 11) is -3.35. The van der Waals surface area contributed by atoms with Crippen LogP contribution in [0, 0.1) is 5.92 Å². The third-order valence-corrected chi connectivity index (χ3v) is 7.20. The van der Waals surface area contributed by atoms with E-state index in [4.69, 9.17) is 9.47 Å². The van der Waals surface area contributed by atoms with Gasteiger partial charge in [0.1, 0.15) is 0 Å². The maximum absolute atomic E-state index is 12.9. The Balaban J connectivity index is 1.51. The van der Waals surface area contributed by atoms with E-state index in [1.807, 2.05) is 13.8 Å². The van der Waals surface area contributed by atoms with E-state index in [9.17, 15) is 8.42 Å². The van der Waals surface area contributed by atoms with Crippen LogP contribution in [0.15, 0.2) is 0 Å². The van der Waals surface area contributed by atoms with E-state index in [-0.39, 0.29) is 12.2 Å². The summed E-state index contributed by atoms with van der Waals surface area (Å²) >= 11 is 0. The van der Waals surface area contributed by atoms with E-state index in [0.717, 1.165) is 45.7 Å². The second-order valence-corrected chi connectivity index (χ2v) is 9.27. The lowest BCUT2D eigenvalue weighted by Crippen LogP contribution is -2.54. The minimum atomic E-state index is -3.35. The fourth-order valence-corrected chi connectivity index (χ4v) is 5.75. The van der Waals surface area contributed by atoms with Crippen molar-refractivity contribution in [1.29, 1.82) is 0 Å². The van der Waals surface area contributed by atoms with Gasteiger partial charge in [-0.2, -0.15) is 17.0 Å². The molecule has 2 unspecified atom stereocenters. The summed E-state index contributed by atoms with van der Waals surface area (Å²) in [5.41, 5.74) is 0. The Bertz CT molecular complexity index is 491. The molecular weight excluding hydrogens is 330 g/mol. The molecule has 8 heteroatoms. The minimum absolute atomic E-state index is 0.0395. The van der Waals surface area contributed by atoms with Crippen molar-refractivity contribution in [3.63, 3.8) is 0 Å². The van der Waals surface area contributed by atoms with E-state index >= 15 is 0 Å². The second-order valence-electron chi connectivity index (χ2n) is 7.34. The lowest BCUT2D eigenvalue weighted by atomic mass is 9.97. The van der Waals surface area contributed by atoms with Crippen molar-refractivity contribution >= 4 is 10.2 Å². The van der Waals surface area contributed by atoms with Gasteiger partial charge in [0.25, 0.3) is 10.2 Å². The number of rotatable bonds is 4. The van der Waals surface area contributed by atoms with Gasteiger partial charge in [-0.3, -0.25) is 4.90 Å². The molecule has 7 nitrogen and oxygen atoms in total. The third kappa shape index (κ3) is 4.47. The molecule has 0 aliphatic carbocycles. The first-order chi connectivity index (χ1) is 11.4.